The van der Waals surface area contributed by atoms with E-state index in [0.29, 0.717) is 40.4 Å². The smallest absolute Gasteiger partial charge is 0.264 e. The molecule has 0 fully saturated rings. The maximum absolute atomic E-state index is 14.1. The van der Waals surface area contributed by atoms with E-state index in [1.165, 1.54) is 11.5 Å². The van der Waals surface area contributed by atoms with E-state index in [1.807, 2.05) is 87.4 Å². The van der Waals surface area contributed by atoms with Crippen LogP contribution in [0.15, 0.2) is 59.4 Å². The highest BCUT2D eigenvalue weighted by Crippen LogP contribution is 2.31. The fourth-order valence-corrected chi connectivity index (χ4v) is 5.59. The summed E-state index contributed by atoms with van der Waals surface area (Å²) in [5.74, 6) is 0.572. The number of amides is 1. The number of aromatic nitrogens is 3. The lowest BCUT2D eigenvalue weighted by Crippen LogP contribution is -2.42. The first-order valence-electron chi connectivity index (χ1n) is 13.1. The highest BCUT2D eigenvalue weighted by molar-refractivity contribution is 7.12. The molecular weight excluding hydrogens is 494 g/mol. The predicted molar refractivity (Wildman–Crippen MR) is 155 cm³/mol. The van der Waals surface area contributed by atoms with Crippen LogP contribution in [0.25, 0.3) is 10.2 Å². The third kappa shape index (κ3) is 6.03. The molecule has 0 saturated carbocycles. The maximum atomic E-state index is 14.1. The molecule has 2 heterocycles. The maximum Gasteiger partial charge on any atom is 0.264 e. The van der Waals surface area contributed by atoms with Gasteiger partial charge in [0.15, 0.2) is 4.83 Å². The molecule has 200 valence electrons. The van der Waals surface area contributed by atoms with Crippen molar-refractivity contribution < 1.29 is 4.79 Å². The van der Waals surface area contributed by atoms with Gasteiger partial charge in [-0.1, -0.05) is 61.9 Å². The largest absolute Gasteiger partial charge is 0.328 e. The first-order chi connectivity index (χ1) is 18.2. The van der Waals surface area contributed by atoms with Gasteiger partial charge in [0.1, 0.15) is 5.82 Å². The molecule has 0 aliphatic carbocycles. The predicted octanol–water partition coefficient (Wildman–Crippen LogP) is 5.31. The van der Waals surface area contributed by atoms with Gasteiger partial charge >= 0.3 is 0 Å². The first kappa shape index (κ1) is 27.7. The first-order valence-corrected chi connectivity index (χ1v) is 13.9. The Labute approximate surface area is 228 Å². The van der Waals surface area contributed by atoms with Crippen molar-refractivity contribution in [3.05, 3.63) is 93.2 Å². The number of carbonyl (C=O) groups is 1. The second-order valence-corrected chi connectivity index (χ2v) is 11.3. The lowest BCUT2D eigenvalue weighted by Gasteiger charge is -2.35. The number of fused-ring (bicyclic) bond motifs is 1. The summed E-state index contributed by atoms with van der Waals surface area (Å²) >= 11 is 1.24. The van der Waals surface area contributed by atoms with Crippen molar-refractivity contribution in [1.82, 2.24) is 23.7 Å². The molecule has 1 unspecified atom stereocenters. The number of hydrogen-bond acceptors (Lipinski definition) is 6. The summed E-state index contributed by atoms with van der Waals surface area (Å²) in [6.45, 7) is 9.82. The quantitative estimate of drug-likeness (QED) is 0.277. The van der Waals surface area contributed by atoms with Crippen molar-refractivity contribution in [3.8, 4) is 0 Å². The van der Waals surface area contributed by atoms with Crippen LogP contribution in [0.2, 0.25) is 0 Å². The topological polar surface area (TPSA) is 71.3 Å². The zero-order valence-electron chi connectivity index (χ0n) is 23.1. The van der Waals surface area contributed by atoms with Gasteiger partial charge in [0.05, 0.1) is 23.7 Å². The fraction of sp³-hybridized carbons (Fsp3) is 0.400. The lowest BCUT2D eigenvalue weighted by molar-refractivity contribution is 0.0595. The van der Waals surface area contributed by atoms with E-state index in [0.717, 1.165) is 24.1 Å². The number of aryl methyl sites for hydroxylation is 2. The minimum Gasteiger partial charge on any atom is -0.328 e. The second-order valence-electron chi connectivity index (χ2n) is 10.5. The van der Waals surface area contributed by atoms with Gasteiger partial charge in [-0.25, -0.2) is 4.98 Å². The standard InChI is InChI=1S/C30H37N5O2S/c1-20(2)26(34(18-10-17-33(5)6)29(36)24-15-13-21(3)14-16-24)27-31-28-25(22(4)32-38-28)30(37)35(27)19-23-11-8-7-9-12-23/h7-9,11-16,20,26H,10,17-19H2,1-6H3. The Morgan fingerprint density at radius 2 is 1.68 bits per heavy atom. The minimum absolute atomic E-state index is 0.0177. The van der Waals surface area contributed by atoms with Crippen LogP contribution in [-0.4, -0.2) is 56.8 Å². The van der Waals surface area contributed by atoms with Crippen molar-refractivity contribution in [2.24, 2.45) is 5.92 Å². The normalized spacial score (nSPS) is 12.4. The van der Waals surface area contributed by atoms with Crippen LogP contribution in [0.4, 0.5) is 0 Å². The van der Waals surface area contributed by atoms with Crippen molar-refractivity contribution in [2.45, 2.75) is 46.7 Å². The highest BCUT2D eigenvalue weighted by atomic mass is 32.1. The summed E-state index contributed by atoms with van der Waals surface area (Å²) in [5.41, 5.74) is 3.32. The number of carbonyl (C=O) groups excluding carboxylic acids is 1. The molecule has 0 spiro atoms. The molecule has 1 amide bonds. The summed E-state index contributed by atoms with van der Waals surface area (Å²) in [4.78, 5) is 37.7. The second kappa shape index (κ2) is 12.0. The van der Waals surface area contributed by atoms with Crippen LogP contribution in [0.5, 0.6) is 0 Å². The zero-order valence-corrected chi connectivity index (χ0v) is 24.0. The van der Waals surface area contributed by atoms with E-state index in [1.54, 1.807) is 4.57 Å². The summed E-state index contributed by atoms with van der Waals surface area (Å²) in [5, 5.41) is 0.557. The average molecular weight is 532 g/mol. The van der Waals surface area contributed by atoms with Gasteiger partial charge in [0.25, 0.3) is 11.5 Å². The van der Waals surface area contributed by atoms with Gasteiger partial charge < -0.3 is 9.80 Å². The minimum atomic E-state index is -0.394. The van der Waals surface area contributed by atoms with E-state index in [-0.39, 0.29) is 17.4 Å². The van der Waals surface area contributed by atoms with E-state index in [4.69, 9.17) is 4.98 Å². The summed E-state index contributed by atoms with van der Waals surface area (Å²) in [6.07, 6.45) is 0.804. The van der Waals surface area contributed by atoms with Crippen LogP contribution in [-0.2, 0) is 6.54 Å². The molecule has 4 aromatic rings. The Kier molecular flexibility index (Phi) is 8.74. The average Bonchev–Trinajstić information content (AvgIpc) is 3.26. The highest BCUT2D eigenvalue weighted by Gasteiger charge is 2.33. The van der Waals surface area contributed by atoms with Crippen LogP contribution in [0.1, 0.15) is 59.3 Å². The Morgan fingerprint density at radius 3 is 2.32 bits per heavy atom. The van der Waals surface area contributed by atoms with Gasteiger partial charge in [0.2, 0.25) is 0 Å². The molecule has 0 N–H and O–H groups in total. The lowest BCUT2D eigenvalue weighted by atomic mass is 9.98. The molecule has 0 aliphatic rings. The molecule has 7 nitrogen and oxygen atoms in total. The number of nitrogens with zero attached hydrogens (tertiary/aromatic N) is 5. The molecular formula is C30H37N5O2S. The Hall–Kier alpha value is -3.36. The van der Waals surface area contributed by atoms with Crippen LogP contribution < -0.4 is 5.56 Å². The monoisotopic (exact) mass is 531 g/mol. The van der Waals surface area contributed by atoms with Crippen molar-refractivity contribution >= 4 is 27.7 Å². The SMILES string of the molecule is Cc1ccc(C(=O)N(CCCN(C)C)C(c2nc3snc(C)c3c(=O)n2Cc2ccccc2)C(C)C)cc1. The van der Waals surface area contributed by atoms with Crippen molar-refractivity contribution in [1.29, 1.82) is 0 Å². The van der Waals surface area contributed by atoms with Gasteiger partial charge in [-0.15, -0.1) is 0 Å². The van der Waals surface area contributed by atoms with Crippen LogP contribution in [0.3, 0.4) is 0 Å². The number of hydrogen-bond donors (Lipinski definition) is 0. The third-order valence-corrected chi connectivity index (χ3v) is 7.61. The van der Waals surface area contributed by atoms with Crippen LogP contribution >= 0.6 is 11.5 Å². The number of benzene rings is 2. The molecule has 38 heavy (non-hydrogen) atoms. The van der Waals surface area contributed by atoms with Gasteiger partial charge in [-0.05, 0) is 76.1 Å². The van der Waals surface area contributed by atoms with Gasteiger partial charge in [-0.2, -0.15) is 4.37 Å². The molecule has 0 saturated heterocycles. The Bertz CT molecular complexity index is 1440. The van der Waals surface area contributed by atoms with Crippen LogP contribution in [0, 0.1) is 19.8 Å². The van der Waals surface area contributed by atoms with Crippen molar-refractivity contribution in [3.63, 3.8) is 0 Å². The van der Waals surface area contributed by atoms with E-state index >= 15 is 0 Å². The summed E-state index contributed by atoms with van der Waals surface area (Å²) in [7, 11) is 4.07. The van der Waals surface area contributed by atoms with E-state index in [9.17, 15) is 9.59 Å². The summed E-state index contributed by atoms with van der Waals surface area (Å²) < 4.78 is 6.19. The molecule has 0 aliphatic heterocycles. The third-order valence-electron chi connectivity index (χ3n) is 6.78. The molecule has 2 aromatic carbocycles. The fourth-order valence-electron chi connectivity index (χ4n) is 4.81. The van der Waals surface area contributed by atoms with Gasteiger partial charge in [-0.3, -0.25) is 14.2 Å². The summed E-state index contributed by atoms with van der Waals surface area (Å²) in [6, 6.07) is 17.2. The molecule has 8 heteroatoms. The molecule has 0 bridgehead atoms. The molecule has 4 rings (SSSR count). The van der Waals surface area contributed by atoms with E-state index in [2.05, 4.69) is 23.1 Å². The molecule has 1 atom stereocenters. The zero-order chi connectivity index (χ0) is 27.4. The Morgan fingerprint density at radius 1 is 1.00 bits per heavy atom. The molecule has 0 radical (unpaired) electrons. The van der Waals surface area contributed by atoms with Gasteiger partial charge in [0, 0.05) is 12.1 Å². The van der Waals surface area contributed by atoms with E-state index < -0.39 is 6.04 Å². The number of rotatable bonds is 10. The Balaban J connectivity index is 1.89. The van der Waals surface area contributed by atoms with Crippen molar-refractivity contribution in [2.75, 3.05) is 27.2 Å². The molecule has 2 aromatic heterocycles.